The molecule has 94 valence electrons. The summed E-state index contributed by atoms with van der Waals surface area (Å²) in [6.07, 6.45) is 0. The lowest BCUT2D eigenvalue weighted by Crippen LogP contribution is -2.40. The Kier molecular flexibility index (Phi) is 3.45. The van der Waals surface area contributed by atoms with Crippen molar-refractivity contribution in [1.82, 2.24) is 0 Å². The van der Waals surface area contributed by atoms with Crippen LogP contribution in [0.4, 0.5) is 10.1 Å². The van der Waals surface area contributed by atoms with E-state index in [-0.39, 0.29) is 17.3 Å². The van der Waals surface area contributed by atoms with Crippen LogP contribution in [0.25, 0.3) is 0 Å². The molecule has 1 saturated heterocycles. The molecule has 0 aliphatic carbocycles. The summed E-state index contributed by atoms with van der Waals surface area (Å²) in [6, 6.07) is 3.17. The Morgan fingerprint density at radius 3 is 2.47 bits per heavy atom. The number of aryl methyl sites for hydroxylation is 1. The molecule has 17 heavy (non-hydrogen) atoms. The summed E-state index contributed by atoms with van der Waals surface area (Å²) < 4.78 is 36.4. The third-order valence-corrected chi connectivity index (χ3v) is 5.14. The lowest BCUT2D eigenvalue weighted by Gasteiger charge is -2.30. The van der Waals surface area contributed by atoms with E-state index in [1.54, 1.807) is 6.07 Å². The molecule has 0 amide bonds. The molecule has 0 bridgehead atoms. The number of hydrogen-bond acceptors (Lipinski definition) is 3. The summed E-state index contributed by atoms with van der Waals surface area (Å²) >= 11 is 3.15. The highest BCUT2D eigenvalue weighted by molar-refractivity contribution is 9.10. The van der Waals surface area contributed by atoms with Crippen LogP contribution in [0.3, 0.4) is 0 Å². The van der Waals surface area contributed by atoms with E-state index in [1.165, 1.54) is 6.07 Å². The second kappa shape index (κ2) is 4.57. The van der Waals surface area contributed by atoms with E-state index in [1.807, 2.05) is 11.8 Å². The molecule has 1 aromatic rings. The van der Waals surface area contributed by atoms with Crippen molar-refractivity contribution in [3.63, 3.8) is 0 Å². The standard InChI is InChI=1S/C11H13BrFNO2S/c1-8-6-10(13)9(12)7-11(8)14-2-4-17(15,16)5-3-14/h6-7H,2-5H2,1H3. The van der Waals surface area contributed by atoms with E-state index in [9.17, 15) is 12.8 Å². The molecule has 6 heteroatoms. The molecule has 0 unspecified atom stereocenters. The number of anilines is 1. The highest BCUT2D eigenvalue weighted by Crippen LogP contribution is 2.28. The molecular weight excluding hydrogens is 309 g/mol. The van der Waals surface area contributed by atoms with E-state index < -0.39 is 9.84 Å². The van der Waals surface area contributed by atoms with Crippen LogP contribution in [-0.2, 0) is 9.84 Å². The average molecular weight is 322 g/mol. The first kappa shape index (κ1) is 12.8. The summed E-state index contributed by atoms with van der Waals surface area (Å²) in [4.78, 5) is 1.99. The van der Waals surface area contributed by atoms with Crippen LogP contribution in [-0.4, -0.2) is 33.0 Å². The molecule has 1 aromatic carbocycles. The Hall–Kier alpha value is -0.620. The summed E-state index contributed by atoms with van der Waals surface area (Å²) in [6.45, 7) is 2.77. The highest BCUT2D eigenvalue weighted by Gasteiger charge is 2.23. The van der Waals surface area contributed by atoms with Gasteiger partial charge in [0, 0.05) is 18.8 Å². The first-order valence-corrected chi connectivity index (χ1v) is 7.91. The van der Waals surface area contributed by atoms with Crippen LogP contribution < -0.4 is 4.90 Å². The topological polar surface area (TPSA) is 37.4 Å². The monoisotopic (exact) mass is 321 g/mol. The van der Waals surface area contributed by atoms with E-state index in [0.717, 1.165) is 11.3 Å². The van der Waals surface area contributed by atoms with Crippen LogP contribution in [0.5, 0.6) is 0 Å². The minimum atomic E-state index is -2.88. The van der Waals surface area contributed by atoms with Crippen molar-refractivity contribution < 1.29 is 12.8 Å². The summed E-state index contributed by atoms with van der Waals surface area (Å²) in [5.74, 6) is 0.0407. The van der Waals surface area contributed by atoms with Crippen molar-refractivity contribution in [2.45, 2.75) is 6.92 Å². The number of hydrogen-bond donors (Lipinski definition) is 0. The molecule has 3 nitrogen and oxygen atoms in total. The van der Waals surface area contributed by atoms with Gasteiger partial charge in [-0.15, -0.1) is 0 Å². The molecular formula is C11H13BrFNO2S. The quantitative estimate of drug-likeness (QED) is 0.795. The van der Waals surface area contributed by atoms with Crippen molar-refractivity contribution in [2.75, 3.05) is 29.5 Å². The van der Waals surface area contributed by atoms with Gasteiger partial charge in [0.1, 0.15) is 5.82 Å². The zero-order valence-corrected chi connectivity index (χ0v) is 11.8. The fourth-order valence-electron chi connectivity index (χ4n) is 1.93. The number of nitrogens with zero attached hydrogens (tertiary/aromatic N) is 1. The third kappa shape index (κ3) is 2.80. The number of rotatable bonds is 1. The van der Waals surface area contributed by atoms with Gasteiger partial charge in [-0.2, -0.15) is 0 Å². The van der Waals surface area contributed by atoms with Crippen LogP contribution in [0.1, 0.15) is 5.56 Å². The van der Waals surface area contributed by atoms with Gasteiger partial charge in [-0.1, -0.05) is 0 Å². The van der Waals surface area contributed by atoms with Crippen molar-refractivity contribution in [1.29, 1.82) is 0 Å². The Morgan fingerprint density at radius 2 is 1.88 bits per heavy atom. The Labute approximate surface area is 109 Å². The molecule has 0 spiro atoms. The number of halogens is 2. The van der Waals surface area contributed by atoms with Gasteiger partial charge in [0.2, 0.25) is 0 Å². The normalized spacial score (nSPS) is 19.4. The van der Waals surface area contributed by atoms with Gasteiger partial charge in [0.15, 0.2) is 9.84 Å². The summed E-state index contributed by atoms with van der Waals surface area (Å²) in [5, 5.41) is 0. The lowest BCUT2D eigenvalue weighted by atomic mass is 10.1. The van der Waals surface area contributed by atoms with Crippen molar-refractivity contribution in [3.8, 4) is 0 Å². The van der Waals surface area contributed by atoms with Crippen LogP contribution in [0.2, 0.25) is 0 Å². The predicted molar refractivity (Wildman–Crippen MR) is 69.7 cm³/mol. The molecule has 0 N–H and O–H groups in total. The van der Waals surface area contributed by atoms with Gasteiger partial charge >= 0.3 is 0 Å². The molecule has 1 aliphatic heterocycles. The molecule has 1 fully saturated rings. The van der Waals surface area contributed by atoms with Crippen LogP contribution in [0, 0.1) is 12.7 Å². The molecule has 0 radical (unpaired) electrons. The number of sulfone groups is 1. The van der Waals surface area contributed by atoms with E-state index in [2.05, 4.69) is 15.9 Å². The molecule has 0 aromatic heterocycles. The zero-order valence-electron chi connectivity index (χ0n) is 9.41. The van der Waals surface area contributed by atoms with Gasteiger partial charge in [-0.3, -0.25) is 0 Å². The average Bonchev–Trinajstić information content (AvgIpc) is 2.24. The first-order chi connectivity index (χ1) is 7.89. The molecule has 2 rings (SSSR count). The summed E-state index contributed by atoms with van der Waals surface area (Å²) in [5.41, 5.74) is 1.72. The van der Waals surface area contributed by atoms with Gasteiger partial charge < -0.3 is 4.90 Å². The second-order valence-corrected chi connectivity index (χ2v) is 7.35. The predicted octanol–water partition coefficient (Wildman–Crippen LogP) is 2.13. The Balaban J connectivity index is 2.27. The van der Waals surface area contributed by atoms with E-state index in [0.29, 0.717) is 17.6 Å². The highest BCUT2D eigenvalue weighted by atomic mass is 79.9. The van der Waals surface area contributed by atoms with E-state index in [4.69, 9.17) is 0 Å². The van der Waals surface area contributed by atoms with E-state index >= 15 is 0 Å². The molecule has 1 aliphatic rings. The zero-order chi connectivity index (χ0) is 12.6. The fraction of sp³-hybridized carbons (Fsp3) is 0.455. The van der Waals surface area contributed by atoms with Crippen LogP contribution >= 0.6 is 15.9 Å². The van der Waals surface area contributed by atoms with Crippen molar-refractivity contribution in [3.05, 3.63) is 28.0 Å². The fourth-order valence-corrected chi connectivity index (χ4v) is 3.46. The Bertz CT molecular complexity index is 531. The first-order valence-electron chi connectivity index (χ1n) is 5.30. The Morgan fingerprint density at radius 1 is 1.29 bits per heavy atom. The maximum Gasteiger partial charge on any atom is 0.153 e. The SMILES string of the molecule is Cc1cc(F)c(Br)cc1N1CCS(=O)(=O)CC1. The van der Waals surface area contributed by atoms with Crippen molar-refractivity contribution in [2.24, 2.45) is 0 Å². The van der Waals surface area contributed by atoms with Gasteiger partial charge in [0.05, 0.1) is 16.0 Å². The van der Waals surface area contributed by atoms with Crippen molar-refractivity contribution >= 4 is 31.5 Å². The minimum Gasteiger partial charge on any atom is -0.369 e. The summed E-state index contributed by atoms with van der Waals surface area (Å²) in [7, 11) is -2.88. The third-order valence-electron chi connectivity index (χ3n) is 2.92. The van der Waals surface area contributed by atoms with Crippen LogP contribution in [0.15, 0.2) is 16.6 Å². The lowest BCUT2D eigenvalue weighted by molar-refractivity contribution is 0.586. The maximum atomic E-state index is 13.3. The van der Waals surface area contributed by atoms with Gasteiger partial charge in [-0.05, 0) is 40.5 Å². The smallest absolute Gasteiger partial charge is 0.153 e. The second-order valence-electron chi connectivity index (χ2n) is 4.19. The van der Waals surface area contributed by atoms with Gasteiger partial charge in [-0.25, -0.2) is 12.8 Å². The number of benzene rings is 1. The maximum absolute atomic E-state index is 13.3. The van der Waals surface area contributed by atoms with Gasteiger partial charge in [0.25, 0.3) is 0 Å². The molecule has 0 atom stereocenters. The molecule has 1 heterocycles. The minimum absolute atomic E-state index is 0.168. The largest absolute Gasteiger partial charge is 0.369 e. The molecule has 0 saturated carbocycles.